The van der Waals surface area contributed by atoms with Gasteiger partial charge in [-0.05, 0) is 41.4 Å². The average molecular weight is 328 g/mol. The van der Waals surface area contributed by atoms with Gasteiger partial charge in [-0.3, -0.25) is 10.1 Å². The highest BCUT2D eigenvalue weighted by Crippen LogP contribution is 2.29. The van der Waals surface area contributed by atoms with E-state index in [0.29, 0.717) is 6.04 Å². The Labute approximate surface area is 121 Å². The van der Waals surface area contributed by atoms with Crippen LogP contribution in [0.2, 0.25) is 0 Å². The normalized spacial score (nSPS) is 17.4. The number of piperidine rings is 1. The van der Waals surface area contributed by atoms with Crippen molar-refractivity contribution in [3.63, 3.8) is 0 Å². The fourth-order valence-corrected chi connectivity index (χ4v) is 2.71. The zero-order valence-corrected chi connectivity index (χ0v) is 12.5. The lowest BCUT2D eigenvalue weighted by molar-refractivity contribution is -0.384. The Morgan fingerprint density at radius 2 is 2.16 bits per heavy atom. The SMILES string of the molecule is CCN1CCC(Nc2cc([N+](=O)[O-])ccc2Br)CC1. The van der Waals surface area contributed by atoms with E-state index < -0.39 is 0 Å². The van der Waals surface area contributed by atoms with Crippen LogP contribution in [0.15, 0.2) is 22.7 Å². The third-order valence-corrected chi connectivity index (χ3v) is 4.25. The van der Waals surface area contributed by atoms with E-state index in [1.54, 1.807) is 12.1 Å². The standard InChI is InChI=1S/C13H18BrN3O2/c1-2-16-7-5-10(6-8-16)15-13-9-11(17(18)19)3-4-12(13)14/h3-4,9-10,15H,2,5-8H2,1H3. The van der Waals surface area contributed by atoms with Gasteiger partial charge >= 0.3 is 0 Å². The minimum atomic E-state index is -0.364. The second kappa shape index (κ2) is 6.34. The third-order valence-electron chi connectivity index (χ3n) is 3.56. The van der Waals surface area contributed by atoms with Gasteiger partial charge < -0.3 is 10.2 Å². The highest BCUT2D eigenvalue weighted by molar-refractivity contribution is 9.10. The number of nitro groups is 1. The molecule has 1 saturated heterocycles. The summed E-state index contributed by atoms with van der Waals surface area (Å²) in [6.07, 6.45) is 2.14. The predicted molar refractivity (Wildman–Crippen MR) is 79.6 cm³/mol. The Morgan fingerprint density at radius 1 is 1.47 bits per heavy atom. The van der Waals surface area contributed by atoms with E-state index in [2.05, 4.69) is 33.1 Å². The molecule has 0 bridgehead atoms. The molecule has 1 heterocycles. The van der Waals surface area contributed by atoms with E-state index in [1.165, 1.54) is 6.07 Å². The van der Waals surface area contributed by atoms with Crippen LogP contribution in [0.1, 0.15) is 19.8 Å². The van der Waals surface area contributed by atoms with Crippen molar-refractivity contribution in [2.45, 2.75) is 25.8 Å². The zero-order chi connectivity index (χ0) is 13.8. The molecule has 1 aliphatic heterocycles. The van der Waals surface area contributed by atoms with Crippen LogP contribution in [0, 0.1) is 10.1 Å². The van der Waals surface area contributed by atoms with Gasteiger partial charge in [-0.25, -0.2) is 0 Å². The summed E-state index contributed by atoms with van der Waals surface area (Å²) in [6, 6.07) is 5.22. The van der Waals surface area contributed by atoms with Gasteiger partial charge in [-0.1, -0.05) is 6.92 Å². The quantitative estimate of drug-likeness (QED) is 0.681. The summed E-state index contributed by atoms with van der Waals surface area (Å²) >= 11 is 3.44. The van der Waals surface area contributed by atoms with E-state index in [0.717, 1.165) is 42.6 Å². The number of benzene rings is 1. The van der Waals surface area contributed by atoms with Crippen molar-refractivity contribution in [1.82, 2.24) is 4.90 Å². The number of nitrogens with zero attached hydrogens (tertiary/aromatic N) is 2. The lowest BCUT2D eigenvalue weighted by Gasteiger charge is -2.32. The lowest BCUT2D eigenvalue weighted by Crippen LogP contribution is -2.38. The second-order valence-corrected chi connectivity index (χ2v) is 5.63. The lowest BCUT2D eigenvalue weighted by atomic mass is 10.0. The maximum absolute atomic E-state index is 10.8. The number of nitrogens with one attached hydrogen (secondary N) is 1. The molecule has 0 radical (unpaired) electrons. The summed E-state index contributed by atoms with van der Waals surface area (Å²) in [6.45, 7) is 5.43. The van der Waals surface area contributed by atoms with Gasteiger partial charge in [-0.15, -0.1) is 0 Å². The maximum atomic E-state index is 10.8. The number of halogens is 1. The van der Waals surface area contributed by atoms with Crippen LogP contribution in [0.25, 0.3) is 0 Å². The zero-order valence-electron chi connectivity index (χ0n) is 10.9. The van der Waals surface area contributed by atoms with Gasteiger partial charge in [-0.2, -0.15) is 0 Å². The van der Waals surface area contributed by atoms with E-state index in [9.17, 15) is 10.1 Å². The summed E-state index contributed by atoms with van der Waals surface area (Å²) in [5.41, 5.74) is 0.931. The summed E-state index contributed by atoms with van der Waals surface area (Å²) in [5.74, 6) is 0. The van der Waals surface area contributed by atoms with Crippen LogP contribution in [0.5, 0.6) is 0 Å². The Kier molecular flexibility index (Phi) is 4.76. The predicted octanol–water partition coefficient (Wildman–Crippen LogP) is 3.25. The van der Waals surface area contributed by atoms with Gasteiger partial charge in [0, 0.05) is 35.7 Å². The summed E-state index contributed by atoms with van der Waals surface area (Å²) in [7, 11) is 0. The summed E-state index contributed by atoms with van der Waals surface area (Å²) < 4.78 is 0.871. The number of hydrogen-bond donors (Lipinski definition) is 1. The number of rotatable bonds is 4. The van der Waals surface area contributed by atoms with Gasteiger partial charge in [0.25, 0.3) is 5.69 Å². The first kappa shape index (κ1) is 14.3. The highest BCUT2D eigenvalue weighted by Gasteiger charge is 2.19. The fourth-order valence-electron chi connectivity index (χ4n) is 2.35. The molecule has 0 spiro atoms. The molecule has 1 aromatic rings. The molecule has 0 aliphatic carbocycles. The topological polar surface area (TPSA) is 58.4 Å². The van der Waals surface area contributed by atoms with Gasteiger partial charge in [0.2, 0.25) is 0 Å². The highest BCUT2D eigenvalue weighted by atomic mass is 79.9. The van der Waals surface area contributed by atoms with Crippen molar-refractivity contribution in [3.05, 3.63) is 32.8 Å². The number of anilines is 1. The van der Waals surface area contributed by atoms with Crippen LogP contribution in [-0.4, -0.2) is 35.5 Å². The second-order valence-electron chi connectivity index (χ2n) is 4.77. The van der Waals surface area contributed by atoms with Crippen molar-refractivity contribution >= 4 is 27.3 Å². The van der Waals surface area contributed by atoms with Crippen molar-refractivity contribution in [2.75, 3.05) is 25.0 Å². The number of non-ortho nitro benzene ring substituents is 1. The van der Waals surface area contributed by atoms with Crippen molar-refractivity contribution in [3.8, 4) is 0 Å². The number of likely N-dealkylation sites (tertiary alicyclic amines) is 1. The molecular weight excluding hydrogens is 310 g/mol. The minimum Gasteiger partial charge on any atom is -0.381 e. The molecule has 0 saturated carbocycles. The molecule has 0 amide bonds. The maximum Gasteiger partial charge on any atom is 0.271 e. The van der Waals surface area contributed by atoms with Crippen LogP contribution >= 0.6 is 15.9 Å². The molecule has 5 nitrogen and oxygen atoms in total. The molecule has 0 atom stereocenters. The van der Waals surface area contributed by atoms with Gasteiger partial charge in [0.1, 0.15) is 0 Å². The first-order chi connectivity index (χ1) is 9.10. The molecule has 2 rings (SSSR count). The van der Waals surface area contributed by atoms with E-state index in [1.807, 2.05) is 0 Å². The molecule has 104 valence electrons. The Hall–Kier alpha value is -1.14. The Balaban J connectivity index is 2.03. The first-order valence-corrected chi connectivity index (χ1v) is 7.32. The van der Waals surface area contributed by atoms with Crippen LogP contribution in [-0.2, 0) is 0 Å². The molecular formula is C13H18BrN3O2. The van der Waals surface area contributed by atoms with Crippen LogP contribution in [0.4, 0.5) is 11.4 Å². The van der Waals surface area contributed by atoms with Gasteiger partial charge in [0.05, 0.1) is 10.6 Å². The van der Waals surface area contributed by atoms with Crippen molar-refractivity contribution in [2.24, 2.45) is 0 Å². The van der Waals surface area contributed by atoms with E-state index >= 15 is 0 Å². The third kappa shape index (κ3) is 3.67. The van der Waals surface area contributed by atoms with Gasteiger partial charge in [0.15, 0.2) is 0 Å². The number of hydrogen-bond acceptors (Lipinski definition) is 4. The van der Waals surface area contributed by atoms with Crippen molar-refractivity contribution in [1.29, 1.82) is 0 Å². The van der Waals surface area contributed by atoms with Crippen molar-refractivity contribution < 1.29 is 4.92 Å². The average Bonchev–Trinajstić information content (AvgIpc) is 2.42. The smallest absolute Gasteiger partial charge is 0.271 e. The summed E-state index contributed by atoms with van der Waals surface area (Å²) in [5, 5.41) is 14.2. The molecule has 1 N–H and O–H groups in total. The molecule has 0 unspecified atom stereocenters. The molecule has 1 aliphatic rings. The number of nitro benzene ring substituents is 1. The van der Waals surface area contributed by atoms with Crippen LogP contribution < -0.4 is 5.32 Å². The molecule has 6 heteroatoms. The molecule has 19 heavy (non-hydrogen) atoms. The van der Waals surface area contributed by atoms with Crippen LogP contribution in [0.3, 0.4) is 0 Å². The molecule has 1 fully saturated rings. The van der Waals surface area contributed by atoms with E-state index in [4.69, 9.17) is 0 Å². The first-order valence-electron chi connectivity index (χ1n) is 6.53. The Morgan fingerprint density at radius 3 is 2.74 bits per heavy atom. The Bertz CT molecular complexity index is 459. The molecule has 0 aromatic heterocycles. The molecule has 1 aromatic carbocycles. The summed E-state index contributed by atoms with van der Waals surface area (Å²) in [4.78, 5) is 12.8. The minimum absolute atomic E-state index is 0.122. The van der Waals surface area contributed by atoms with E-state index in [-0.39, 0.29) is 10.6 Å². The largest absolute Gasteiger partial charge is 0.381 e. The monoisotopic (exact) mass is 327 g/mol. The fraction of sp³-hybridized carbons (Fsp3) is 0.538.